The molecule has 0 unspecified atom stereocenters. The number of nitrogens with zero attached hydrogens (tertiary/aromatic N) is 3. The van der Waals surface area contributed by atoms with Crippen molar-refractivity contribution in [3.05, 3.63) is 47.3 Å². The summed E-state index contributed by atoms with van der Waals surface area (Å²) in [6.45, 7) is 8.26. The van der Waals surface area contributed by atoms with Crippen molar-refractivity contribution >= 4 is 5.91 Å². The Bertz CT molecular complexity index is 832. The quantitative estimate of drug-likeness (QED) is 0.817. The van der Waals surface area contributed by atoms with Crippen molar-refractivity contribution in [3.8, 4) is 5.75 Å². The van der Waals surface area contributed by atoms with Gasteiger partial charge in [-0.1, -0.05) is 12.1 Å². The summed E-state index contributed by atoms with van der Waals surface area (Å²) in [5.41, 5.74) is 3.02. The lowest BCUT2D eigenvalue weighted by Crippen LogP contribution is -2.48. The van der Waals surface area contributed by atoms with Crippen LogP contribution in [0.15, 0.2) is 30.5 Å². The number of hydrogen-bond donors (Lipinski definition) is 1. The van der Waals surface area contributed by atoms with Crippen LogP contribution >= 0.6 is 0 Å². The lowest BCUT2D eigenvalue weighted by Gasteiger charge is -2.36. The molecule has 0 spiro atoms. The highest BCUT2D eigenvalue weighted by atomic mass is 16.5. The molecule has 0 bridgehead atoms. The van der Waals surface area contributed by atoms with Gasteiger partial charge in [0.2, 0.25) is 0 Å². The summed E-state index contributed by atoms with van der Waals surface area (Å²) in [4.78, 5) is 17.5. The fourth-order valence-corrected chi connectivity index (χ4v) is 4.66. The number of aromatic nitrogens is 2. The zero-order valence-electron chi connectivity index (χ0n) is 18.1. The predicted molar refractivity (Wildman–Crippen MR) is 115 cm³/mol. The standard InChI is InChI=1S/C23H32N4O3/c1-16-13-27(14-17(2)30-16)23(28)21-12-24-25-22(21)19-8-10-26(11-9-19)15-18-4-6-20(29-3)7-5-18/h4-7,12,16-17,19H,8-11,13-15H2,1-3H3,(H,24,25)/t16-,17-/m1/s1. The van der Waals surface area contributed by atoms with Crippen molar-refractivity contribution in [1.29, 1.82) is 0 Å². The molecule has 2 atom stereocenters. The Balaban J connectivity index is 1.36. The van der Waals surface area contributed by atoms with Gasteiger partial charge in [0, 0.05) is 25.6 Å². The van der Waals surface area contributed by atoms with Crippen LogP contribution in [0.2, 0.25) is 0 Å². The number of ether oxygens (including phenoxy) is 2. The van der Waals surface area contributed by atoms with Gasteiger partial charge in [-0.15, -0.1) is 0 Å². The summed E-state index contributed by atoms with van der Waals surface area (Å²) in [5, 5.41) is 7.36. The first kappa shape index (κ1) is 20.9. The molecule has 0 radical (unpaired) electrons. The van der Waals surface area contributed by atoms with E-state index in [2.05, 4.69) is 27.2 Å². The Morgan fingerprint density at radius 1 is 1.17 bits per heavy atom. The van der Waals surface area contributed by atoms with Crippen molar-refractivity contribution in [2.24, 2.45) is 0 Å². The van der Waals surface area contributed by atoms with Crippen LogP contribution in [0.1, 0.15) is 54.2 Å². The first-order chi connectivity index (χ1) is 14.5. The van der Waals surface area contributed by atoms with Crippen LogP contribution in [0.4, 0.5) is 0 Å². The zero-order valence-corrected chi connectivity index (χ0v) is 18.1. The van der Waals surface area contributed by atoms with Crippen LogP contribution in [-0.4, -0.2) is 71.4 Å². The Morgan fingerprint density at radius 3 is 2.47 bits per heavy atom. The van der Waals surface area contributed by atoms with E-state index in [1.54, 1.807) is 13.3 Å². The number of piperidine rings is 1. The number of hydrogen-bond acceptors (Lipinski definition) is 5. The van der Waals surface area contributed by atoms with E-state index in [-0.39, 0.29) is 18.1 Å². The summed E-state index contributed by atoms with van der Waals surface area (Å²) in [6, 6.07) is 8.28. The molecule has 2 aliphatic heterocycles. The van der Waals surface area contributed by atoms with Crippen molar-refractivity contribution in [1.82, 2.24) is 20.0 Å². The summed E-state index contributed by atoms with van der Waals surface area (Å²) in [5.74, 6) is 1.30. The number of morpholine rings is 1. The summed E-state index contributed by atoms with van der Waals surface area (Å²) >= 11 is 0. The number of likely N-dealkylation sites (tertiary alicyclic amines) is 1. The van der Waals surface area contributed by atoms with Crippen molar-refractivity contribution in [2.45, 2.75) is 51.4 Å². The lowest BCUT2D eigenvalue weighted by molar-refractivity contribution is -0.0586. The van der Waals surface area contributed by atoms with Gasteiger partial charge in [0.25, 0.3) is 5.91 Å². The van der Waals surface area contributed by atoms with Crippen LogP contribution in [0, 0.1) is 0 Å². The van der Waals surface area contributed by atoms with Crippen molar-refractivity contribution in [2.75, 3.05) is 33.3 Å². The van der Waals surface area contributed by atoms with E-state index in [9.17, 15) is 4.79 Å². The molecular formula is C23H32N4O3. The van der Waals surface area contributed by atoms with Crippen LogP contribution in [0.3, 0.4) is 0 Å². The second-order valence-corrected chi connectivity index (χ2v) is 8.56. The SMILES string of the molecule is COc1ccc(CN2CCC(c3[nH]ncc3C(=O)N3C[C@@H](C)O[C@H](C)C3)CC2)cc1. The Morgan fingerprint density at radius 2 is 1.83 bits per heavy atom. The van der Waals surface area contributed by atoms with Crippen LogP contribution < -0.4 is 4.74 Å². The number of carbonyl (C=O) groups is 1. The van der Waals surface area contributed by atoms with E-state index >= 15 is 0 Å². The monoisotopic (exact) mass is 412 g/mol. The lowest BCUT2D eigenvalue weighted by atomic mass is 9.90. The normalized spacial score (nSPS) is 23.5. The molecule has 162 valence electrons. The second-order valence-electron chi connectivity index (χ2n) is 8.56. The number of amides is 1. The van der Waals surface area contributed by atoms with E-state index < -0.39 is 0 Å². The molecule has 2 fully saturated rings. The topological polar surface area (TPSA) is 70.7 Å². The highest BCUT2D eigenvalue weighted by Crippen LogP contribution is 2.30. The highest BCUT2D eigenvalue weighted by molar-refractivity contribution is 5.95. The summed E-state index contributed by atoms with van der Waals surface area (Å²) in [6.07, 6.45) is 3.87. The summed E-state index contributed by atoms with van der Waals surface area (Å²) in [7, 11) is 1.69. The minimum atomic E-state index is 0.0641. The Labute approximate surface area is 178 Å². The fourth-order valence-electron chi connectivity index (χ4n) is 4.66. The predicted octanol–water partition coefficient (Wildman–Crippen LogP) is 3.05. The van der Waals surface area contributed by atoms with Crippen molar-refractivity contribution < 1.29 is 14.3 Å². The van der Waals surface area contributed by atoms with Gasteiger partial charge < -0.3 is 14.4 Å². The molecule has 1 aromatic heterocycles. The number of carbonyl (C=O) groups excluding carboxylic acids is 1. The summed E-state index contributed by atoms with van der Waals surface area (Å²) < 4.78 is 11.0. The maximum atomic E-state index is 13.2. The molecule has 2 saturated heterocycles. The van der Waals surface area contributed by atoms with E-state index in [0.29, 0.717) is 19.0 Å². The molecule has 7 heteroatoms. The molecule has 1 N–H and O–H groups in total. The van der Waals surface area contributed by atoms with Crippen LogP contribution in [-0.2, 0) is 11.3 Å². The first-order valence-corrected chi connectivity index (χ1v) is 10.9. The Hall–Kier alpha value is -2.38. The molecule has 1 amide bonds. The third-order valence-corrected chi connectivity index (χ3v) is 6.17. The molecule has 30 heavy (non-hydrogen) atoms. The highest BCUT2D eigenvalue weighted by Gasteiger charge is 2.31. The number of methoxy groups -OCH3 is 1. The molecular weight excluding hydrogens is 380 g/mol. The van der Waals surface area contributed by atoms with E-state index in [1.807, 2.05) is 30.9 Å². The molecule has 1 aromatic carbocycles. The Kier molecular flexibility index (Phi) is 6.39. The molecule has 4 rings (SSSR count). The number of benzene rings is 1. The molecule has 0 saturated carbocycles. The van der Waals surface area contributed by atoms with Gasteiger partial charge in [-0.2, -0.15) is 5.10 Å². The number of aromatic amines is 1. The molecule has 0 aliphatic carbocycles. The van der Waals surface area contributed by atoms with E-state index in [1.165, 1.54) is 5.56 Å². The number of H-pyrrole nitrogens is 1. The second kappa shape index (κ2) is 9.18. The smallest absolute Gasteiger partial charge is 0.257 e. The van der Waals surface area contributed by atoms with Gasteiger partial charge in [0.05, 0.1) is 36.8 Å². The van der Waals surface area contributed by atoms with Crippen LogP contribution in [0.5, 0.6) is 5.75 Å². The minimum absolute atomic E-state index is 0.0641. The van der Waals surface area contributed by atoms with Gasteiger partial charge in [0.15, 0.2) is 0 Å². The average molecular weight is 413 g/mol. The van der Waals surface area contributed by atoms with E-state index in [0.717, 1.165) is 49.5 Å². The first-order valence-electron chi connectivity index (χ1n) is 10.9. The van der Waals surface area contributed by atoms with Gasteiger partial charge in [0.1, 0.15) is 5.75 Å². The fraction of sp³-hybridized carbons (Fsp3) is 0.565. The molecule has 3 heterocycles. The molecule has 7 nitrogen and oxygen atoms in total. The van der Waals surface area contributed by atoms with Gasteiger partial charge >= 0.3 is 0 Å². The maximum Gasteiger partial charge on any atom is 0.257 e. The minimum Gasteiger partial charge on any atom is -0.497 e. The zero-order chi connectivity index (χ0) is 21.1. The maximum absolute atomic E-state index is 13.2. The van der Waals surface area contributed by atoms with Gasteiger partial charge in [-0.3, -0.25) is 14.8 Å². The van der Waals surface area contributed by atoms with Crippen LogP contribution in [0.25, 0.3) is 0 Å². The average Bonchev–Trinajstić information content (AvgIpc) is 3.23. The third kappa shape index (κ3) is 4.68. The number of rotatable bonds is 5. The van der Waals surface area contributed by atoms with Crippen molar-refractivity contribution in [3.63, 3.8) is 0 Å². The molecule has 2 aromatic rings. The van der Waals surface area contributed by atoms with Gasteiger partial charge in [-0.05, 0) is 57.5 Å². The van der Waals surface area contributed by atoms with Gasteiger partial charge in [-0.25, -0.2) is 0 Å². The largest absolute Gasteiger partial charge is 0.497 e. The third-order valence-electron chi connectivity index (χ3n) is 6.17. The molecule has 2 aliphatic rings. The number of nitrogens with one attached hydrogen (secondary N) is 1. The van der Waals surface area contributed by atoms with E-state index in [4.69, 9.17) is 9.47 Å².